The van der Waals surface area contributed by atoms with Crippen molar-refractivity contribution in [1.29, 1.82) is 0 Å². The summed E-state index contributed by atoms with van der Waals surface area (Å²) in [5, 5.41) is 3.00. The lowest BCUT2D eigenvalue weighted by molar-refractivity contribution is -0.108. The maximum atomic E-state index is 11.4. The molecule has 2 heterocycles. The number of carbonyl (C=O) groups is 1. The average Bonchev–Trinajstić information content (AvgIpc) is 2.92. The number of aromatic nitrogens is 2. The molecule has 1 aromatic carbocycles. The summed E-state index contributed by atoms with van der Waals surface area (Å²) in [6, 6.07) is 9.58. The van der Waals surface area contributed by atoms with E-state index >= 15 is 0 Å². The summed E-state index contributed by atoms with van der Waals surface area (Å²) in [5.41, 5.74) is 1.37. The maximum Gasteiger partial charge on any atom is 0.174 e. The molecule has 1 aliphatic heterocycles. The summed E-state index contributed by atoms with van der Waals surface area (Å²) in [4.78, 5) is 21.8. The second kappa shape index (κ2) is 6.43. The normalized spacial score (nSPS) is 18.9. The zero-order chi connectivity index (χ0) is 16.4. The fourth-order valence-corrected chi connectivity index (χ4v) is 3.02. The Balaban J connectivity index is 1.99. The Morgan fingerprint density at radius 1 is 1.43 bits per heavy atom. The highest BCUT2D eigenvalue weighted by Gasteiger charge is 2.35. The third-order valence-electron chi connectivity index (χ3n) is 3.73. The molecule has 8 heteroatoms. The molecule has 1 N–H and O–H groups in total. The van der Waals surface area contributed by atoms with Gasteiger partial charge in [0.25, 0.3) is 0 Å². The standard InChI is InChI=1S/C15H16N4O3S/c1-10(11-5-3-2-4-6-11)19-13(8-20)18-14-15(19)17-12(7-16-14)9-23(21)22/h2-8,10,13H,9H2,1H3,(H,16,18)(H,21,22)/p-1/t10?,13-/m0/s1. The van der Waals surface area contributed by atoms with Crippen LogP contribution in [0.2, 0.25) is 0 Å². The summed E-state index contributed by atoms with van der Waals surface area (Å²) in [7, 11) is 0. The summed E-state index contributed by atoms with van der Waals surface area (Å²) in [6.07, 6.45) is 1.60. The largest absolute Gasteiger partial charge is 0.772 e. The number of hydrogen-bond acceptors (Lipinski definition) is 7. The van der Waals surface area contributed by atoms with Crippen molar-refractivity contribution in [2.45, 2.75) is 24.9 Å². The Morgan fingerprint density at radius 2 is 2.17 bits per heavy atom. The first-order valence-corrected chi connectivity index (χ1v) is 8.31. The molecule has 0 fully saturated rings. The molecule has 0 bridgehead atoms. The van der Waals surface area contributed by atoms with E-state index in [9.17, 15) is 13.6 Å². The quantitative estimate of drug-likeness (QED) is 0.652. The molecular weight excluding hydrogens is 316 g/mol. The molecule has 1 aliphatic rings. The van der Waals surface area contributed by atoms with Gasteiger partial charge in [-0.1, -0.05) is 30.3 Å². The van der Waals surface area contributed by atoms with Crippen LogP contribution in [-0.4, -0.2) is 31.2 Å². The van der Waals surface area contributed by atoms with E-state index in [1.807, 2.05) is 42.2 Å². The van der Waals surface area contributed by atoms with E-state index in [4.69, 9.17) is 0 Å². The van der Waals surface area contributed by atoms with Crippen LogP contribution in [0, 0.1) is 0 Å². The number of anilines is 2. The SMILES string of the molecule is CC(c1ccccc1)N1c2nc(CS(=O)[O-])cnc2N[C@@H]1C=O. The van der Waals surface area contributed by atoms with E-state index in [0.29, 0.717) is 17.3 Å². The van der Waals surface area contributed by atoms with Crippen LogP contribution in [0.5, 0.6) is 0 Å². The Labute approximate surface area is 136 Å². The molecule has 2 unspecified atom stereocenters. The van der Waals surface area contributed by atoms with Gasteiger partial charge < -0.3 is 14.8 Å². The van der Waals surface area contributed by atoms with Gasteiger partial charge in [0, 0.05) is 0 Å². The summed E-state index contributed by atoms with van der Waals surface area (Å²) >= 11 is -2.24. The van der Waals surface area contributed by atoms with E-state index < -0.39 is 17.2 Å². The van der Waals surface area contributed by atoms with Gasteiger partial charge in [-0.15, -0.1) is 0 Å². The number of nitrogens with one attached hydrogen (secondary N) is 1. The predicted molar refractivity (Wildman–Crippen MR) is 85.5 cm³/mol. The van der Waals surface area contributed by atoms with Crippen molar-refractivity contribution in [2.75, 3.05) is 10.2 Å². The van der Waals surface area contributed by atoms with Gasteiger partial charge in [-0.25, -0.2) is 9.97 Å². The Morgan fingerprint density at radius 3 is 2.83 bits per heavy atom. The highest BCUT2D eigenvalue weighted by Crippen LogP contribution is 2.37. The molecule has 0 aliphatic carbocycles. The van der Waals surface area contributed by atoms with Gasteiger partial charge in [0.2, 0.25) is 0 Å². The molecule has 3 rings (SSSR count). The number of nitrogens with zero attached hydrogens (tertiary/aromatic N) is 3. The van der Waals surface area contributed by atoms with Crippen LogP contribution < -0.4 is 10.2 Å². The van der Waals surface area contributed by atoms with Crippen molar-refractivity contribution in [1.82, 2.24) is 9.97 Å². The van der Waals surface area contributed by atoms with Gasteiger partial charge in [0.1, 0.15) is 0 Å². The van der Waals surface area contributed by atoms with Crippen molar-refractivity contribution in [3.05, 3.63) is 47.8 Å². The minimum absolute atomic E-state index is 0.123. The van der Waals surface area contributed by atoms with E-state index in [1.54, 1.807) is 0 Å². The minimum atomic E-state index is -2.24. The highest BCUT2D eigenvalue weighted by atomic mass is 32.2. The molecule has 3 atom stereocenters. The van der Waals surface area contributed by atoms with Crippen molar-refractivity contribution in [3.63, 3.8) is 0 Å². The number of carbonyl (C=O) groups excluding carboxylic acids is 1. The van der Waals surface area contributed by atoms with Crippen LogP contribution in [0.3, 0.4) is 0 Å². The van der Waals surface area contributed by atoms with Crippen LogP contribution in [0.15, 0.2) is 36.5 Å². The zero-order valence-corrected chi connectivity index (χ0v) is 13.2. The summed E-state index contributed by atoms with van der Waals surface area (Å²) in [5.74, 6) is 0.756. The van der Waals surface area contributed by atoms with E-state index in [1.165, 1.54) is 6.20 Å². The fraction of sp³-hybridized carbons (Fsp3) is 0.267. The van der Waals surface area contributed by atoms with Crippen molar-refractivity contribution < 1.29 is 13.6 Å². The molecular formula is C15H15N4O3S-. The molecule has 7 nitrogen and oxygen atoms in total. The molecule has 1 aromatic heterocycles. The lowest BCUT2D eigenvalue weighted by Gasteiger charge is -2.29. The van der Waals surface area contributed by atoms with E-state index in [-0.39, 0.29) is 11.8 Å². The van der Waals surface area contributed by atoms with Crippen LogP contribution in [0.25, 0.3) is 0 Å². The second-order valence-electron chi connectivity index (χ2n) is 5.20. The Kier molecular flexibility index (Phi) is 4.35. The highest BCUT2D eigenvalue weighted by molar-refractivity contribution is 7.78. The van der Waals surface area contributed by atoms with Gasteiger partial charge in [0.15, 0.2) is 24.1 Å². The smallest absolute Gasteiger partial charge is 0.174 e. The number of fused-ring (bicyclic) bond motifs is 1. The van der Waals surface area contributed by atoms with Gasteiger partial charge >= 0.3 is 0 Å². The van der Waals surface area contributed by atoms with Crippen LogP contribution in [0.1, 0.15) is 24.2 Å². The molecule has 0 saturated carbocycles. The topological polar surface area (TPSA) is 98.2 Å². The number of aldehydes is 1. The van der Waals surface area contributed by atoms with Crippen LogP contribution in [-0.2, 0) is 21.6 Å². The molecule has 2 aromatic rings. The van der Waals surface area contributed by atoms with Gasteiger partial charge in [-0.2, -0.15) is 0 Å². The Bertz CT molecular complexity index is 741. The minimum Gasteiger partial charge on any atom is -0.772 e. The lowest BCUT2D eigenvalue weighted by Crippen LogP contribution is -2.39. The predicted octanol–water partition coefficient (Wildman–Crippen LogP) is 1.37. The van der Waals surface area contributed by atoms with Gasteiger partial charge in [-0.3, -0.25) is 9.00 Å². The molecule has 120 valence electrons. The molecule has 0 amide bonds. The third kappa shape index (κ3) is 3.08. The number of rotatable bonds is 5. The fourth-order valence-electron chi connectivity index (χ4n) is 2.64. The van der Waals surface area contributed by atoms with Crippen molar-refractivity contribution >= 4 is 29.0 Å². The third-order valence-corrected chi connectivity index (χ3v) is 4.26. The first kappa shape index (κ1) is 15.6. The molecule has 0 spiro atoms. The van der Waals surface area contributed by atoms with Crippen molar-refractivity contribution in [2.24, 2.45) is 0 Å². The number of hydrogen-bond donors (Lipinski definition) is 1. The Hall–Kier alpha value is -2.32. The zero-order valence-electron chi connectivity index (χ0n) is 12.4. The number of benzene rings is 1. The summed E-state index contributed by atoms with van der Waals surface area (Å²) < 4.78 is 21.7. The van der Waals surface area contributed by atoms with Crippen LogP contribution >= 0.6 is 0 Å². The maximum absolute atomic E-state index is 11.4. The van der Waals surface area contributed by atoms with Crippen molar-refractivity contribution in [3.8, 4) is 0 Å². The first-order valence-electron chi connectivity index (χ1n) is 7.07. The van der Waals surface area contributed by atoms with Crippen LogP contribution in [0.4, 0.5) is 11.6 Å². The monoisotopic (exact) mass is 331 g/mol. The molecule has 23 heavy (non-hydrogen) atoms. The van der Waals surface area contributed by atoms with E-state index in [2.05, 4.69) is 15.3 Å². The second-order valence-corrected chi connectivity index (χ2v) is 6.10. The average molecular weight is 331 g/mol. The first-order chi connectivity index (χ1) is 11.1. The molecule has 0 radical (unpaired) electrons. The summed E-state index contributed by atoms with van der Waals surface area (Å²) in [6.45, 7) is 1.96. The molecule has 0 saturated heterocycles. The van der Waals surface area contributed by atoms with E-state index in [0.717, 1.165) is 11.8 Å². The lowest BCUT2D eigenvalue weighted by atomic mass is 10.1. The van der Waals surface area contributed by atoms with Gasteiger partial charge in [-0.05, 0) is 23.6 Å². The van der Waals surface area contributed by atoms with Gasteiger partial charge in [0.05, 0.1) is 23.7 Å².